The van der Waals surface area contributed by atoms with Gasteiger partial charge in [0.05, 0.1) is 17.1 Å². The van der Waals surface area contributed by atoms with E-state index in [0.29, 0.717) is 23.9 Å². The molecule has 2 rings (SSSR count). The van der Waals surface area contributed by atoms with Crippen LogP contribution in [0.25, 0.3) is 0 Å². The van der Waals surface area contributed by atoms with Crippen LogP contribution in [0.15, 0.2) is 41.0 Å². The minimum atomic E-state index is 0.374. The molecule has 0 aliphatic rings. The first kappa shape index (κ1) is 12.7. The number of ether oxygens (including phenoxy) is 2. The van der Waals surface area contributed by atoms with Gasteiger partial charge in [0.1, 0.15) is 12.4 Å². The van der Waals surface area contributed by atoms with Gasteiger partial charge in [-0.25, -0.2) is 4.98 Å². The quantitative estimate of drug-likeness (QED) is 0.882. The number of hydrogen-bond donors (Lipinski definition) is 1. The van der Waals surface area contributed by atoms with Gasteiger partial charge >= 0.3 is 0 Å². The molecule has 2 aromatic rings. The predicted octanol–water partition coefficient (Wildman–Crippen LogP) is 3.01. The number of halogens is 1. The molecule has 0 atom stereocenters. The molecule has 5 heteroatoms. The van der Waals surface area contributed by atoms with Crippen molar-refractivity contribution in [3.05, 3.63) is 46.6 Å². The monoisotopic (exact) mass is 308 g/mol. The molecule has 0 unspecified atom stereocenters. The third-order valence-electron chi connectivity index (χ3n) is 2.42. The average Bonchev–Trinajstić information content (AvgIpc) is 2.41. The summed E-state index contributed by atoms with van der Waals surface area (Å²) in [5.74, 6) is 1.26. The lowest BCUT2D eigenvalue weighted by atomic mass is 10.3. The highest BCUT2D eigenvalue weighted by molar-refractivity contribution is 9.10. The summed E-state index contributed by atoms with van der Waals surface area (Å²) in [6.45, 7) is 0.374. The zero-order valence-corrected chi connectivity index (χ0v) is 11.5. The minimum absolute atomic E-state index is 0.374. The Kier molecular flexibility index (Phi) is 4.04. The normalized spacial score (nSPS) is 10.1. The number of aromatic nitrogens is 1. The van der Waals surface area contributed by atoms with E-state index in [0.717, 1.165) is 10.0 Å². The summed E-state index contributed by atoms with van der Waals surface area (Å²) < 4.78 is 11.6. The number of pyridine rings is 1. The summed E-state index contributed by atoms with van der Waals surface area (Å²) >= 11 is 3.39. The molecular weight excluding hydrogens is 296 g/mol. The standard InChI is InChI=1S/C13H13BrN2O2/c1-17-13-9(4-3-7-16-13)8-18-11-6-2-5-10(15)12(11)14/h2-7H,8,15H2,1H3. The van der Waals surface area contributed by atoms with Crippen LogP contribution in [0.2, 0.25) is 0 Å². The molecule has 0 spiro atoms. The Morgan fingerprint density at radius 2 is 2.11 bits per heavy atom. The highest BCUT2D eigenvalue weighted by Gasteiger charge is 2.07. The molecule has 1 aromatic heterocycles. The average molecular weight is 309 g/mol. The lowest BCUT2D eigenvalue weighted by Gasteiger charge is -2.11. The molecule has 0 amide bonds. The fourth-order valence-electron chi connectivity index (χ4n) is 1.51. The lowest BCUT2D eigenvalue weighted by molar-refractivity contribution is 0.292. The molecular formula is C13H13BrN2O2. The van der Waals surface area contributed by atoms with Crippen LogP contribution in [-0.4, -0.2) is 12.1 Å². The first-order valence-electron chi connectivity index (χ1n) is 5.37. The Labute approximate surface area is 114 Å². The van der Waals surface area contributed by atoms with Crippen molar-refractivity contribution in [2.75, 3.05) is 12.8 Å². The van der Waals surface area contributed by atoms with Crippen LogP contribution in [0.4, 0.5) is 5.69 Å². The molecule has 0 bridgehead atoms. The van der Waals surface area contributed by atoms with Crippen LogP contribution in [0.1, 0.15) is 5.56 Å². The van der Waals surface area contributed by atoms with Crippen molar-refractivity contribution in [3.63, 3.8) is 0 Å². The van der Waals surface area contributed by atoms with Crippen molar-refractivity contribution in [2.45, 2.75) is 6.61 Å². The van der Waals surface area contributed by atoms with Crippen LogP contribution in [0.5, 0.6) is 11.6 Å². The molecule has 0 fully saturated rings. The summed E-state index contributed by atoms with van der Waals surface area (Å²) in [5.41, 5.74) is 7.31. The first-order chi connectivity index (χ1) is 8.72. The Bertz CT molecular complexity index is 546. The number of rotatable bonds is 4. The van der Waals surface area contributed by atoms with Crippen LogP contribution in [-0.2, 0) is 6.61 Å². The van der Waals surface area contributed by atoms with E-state index < -0.39 is 0 Å². The largest absolute Gasteiger partial charge is 0.487 e. The molecule has 94 valence electrons. The van der Waals surface area contributed by atoms with Crippen LogP contribution in [0.3, 0.4) is 0 Å². The van der Waals surface area contributed by atoms with Gasteiger partial charge < -0.3 is 15.2 Å². The number of nitrogen functional groups attached to an aromatic ring is 1. The molecule has 0 radical (unpaired) electrons. The highest BCUT2D eigenvalue weighted by atomic mass is 79.9. The van der Waals surface area contributed by atoms with Gasteiger partial charge in [-0.2, -0.15) is 0 Å². The third kappa shape index (κ3) is 2.73. The summed E-state index contributed by atoms with van der Waals surface area (Å²) in [4.78, 5) is 4.11. The fourth-order valence-corrected chi connectivity index (χ4v) is 1.89. The summed E-state index contributed by atoms with van der Waals surface area (Å²) in [7, 11) is 1.59. The Hall–Kier alpha value is -1.75. The highest BCUT2D eigenvalue weighted by Crippen LogP contribution is 2.31. The van der Waals surface area contributed by atoms with E-state index in [9.17, 15) is 0 Å². The van der Waals surface area contributed by atoms with Crippen LogP contribution in [0, 0.1) is 0 Å². The van der Waals surface area contributed by atoms with E-state index in [4.69, 9.17) is 15.2 Å². The maximum absolute atomic E-state index is 5.78. The SMILES string of the molecule is COc1ncccc1COc1cccc(N)c1Br. The Balaban J connectivity index is 2.14. The van der Waals surface area contributed by atoms with Gasteiger partial charge in [-0.05, 0) is 40.2 Å². The Morgan fingerprint density at radius 3 is 2.89 bits per heavy atom. The van der Waals surface area contributed by atoms with Crippen molar-refractivity contribution in [2.24, 2.45) is 0 Å². The minimum Gasteiger partial charge on any atom is -0.487 e. The van der Waals surface area contributed by atoms with Gasteiger partial charge in [-0.3, -0.25) is 0 Å². The van der Waals surface area contributed by atoms with E-state index in [1.165, 1.54) is 0 Å². The van der Waals surface area contributed by atoms with Gasteiger partial charge in [0, 0.05) is 11.9 Å². The first-order valence-corrected chi connectivity index (χ1v) is 6.16. The summed E-state index contributed by atoms with van der Waals surface area (Å²) in [6, 6.07) is 9.25. The van der Waals surface area contributed by atoms with Gasteiger partial charge in [-0.1, -0.05) is 6.07 Å². The molecule has 0 aliphatic heterocycles. The lowest BCUT2D eigenvalue weighted by Crippen LogP contribution is -2.01. The van der Waals surface area contributed by atoms with Crippen molar-refractivity contribution in [3.8, 4) is 11.6 Å². The third-order valence-corrected chi connectivity index (χ3v) is 3.27. The predicted molar refractivity (Wildman–Crippen MR) is 73.7 cm³/mol. The molecule has 2 N–H and O–H groups in total. The summed E-state index contributed by atoms with van der Waals surface area (Å²) in [6.07, 6.45) is 1.68. The van der Waals surface area contributed by atoms with Crippen molar-refractivity contribution in [1.29, 1.82) is 0 Å². The number of nitrogens with zero attached hydrogens (tertiary/aromatic N) is 1. The van der Waals surface area contributed by atoms with Gasteiger partial charge in [0.2, 0.25) is 5.88 Å². The number of benzene rings is 1. The smallest absolute Gasteiger partial charge is 0.219 e. The maximum atomic E-state index is 5.78. The van der Waals surface area contributed by atoms with E-state index in [2.05, 4.69) is 20.9 Å². The topological polar surface area (TPSA) is 57.4 Å². The molecule has 18 heavy (non-hydrogen) atoms. The summed E-state index contributed by atoms with van der Waals surface area (Å²) in [5, 5.41) is 0. The fraction of sp³-hybridized carbons (Fsp3) is 0.154. The number of nitrogens with two attached hydrogens (primary N) is 1. The molecule has 1 heterocycles. The van der Waals surface area contributed by atoms with Crippen LogP contribution >= 0.6 is 15.9 Å². The van der Waals surface area contributed by atoms with E-state index in [1.54, 1.807) is 13.3 Å². The maximum Gasteiger partial charge on any atom is 0.219 e. The molecule has 0 saturated heterocycles. The number of hydrogen-bond acceptors (Lipinski definition) is 4. The van der Waals surface area contributed by atoms with Crippen molar-refractivity contribution < 1.29 is 9.47 Å². The Morgan fingerprint density at radius 1 is 1.28 bits per heavy atom. The molecule has 1 aromatic carbocycles. The zero-order valence-electron chi connectivity index (χ0n) is 9.89. The number of methoxy groups -OCH3 is 1. The molecule has 4 nitrogen and oxygen atoms in total. The second-order valence-electron chi connectivity index (χ2n) is 3.62. The van der Waals surface area contributed by atoms with Crippen LogP contribution < -0.4 is 15.2 Å². The zero-order chi connectivity index (χ0) is 13.0. The molecule has 0 aliphatic carbocycles. The second-order valence-corrected chi connectivity index (χ2v) is 4.41. The van der Waals surface area contributed by atoms with Gasteiger partial charge in [0.15, 0.2) is 0 Å². The van der Waals surface area contributed by atoms with Gasteiger partial charge in [0.25, 0.3) is 0 Å². The van der Waals surface area contributed by atoms with Gasteiger partial charge in [-0.15, -0.1) is 0 Å². The second kappa shape index (κ2) is 5.73. The van der Waals surface area contributed by atoms with Crippen molar-refractivity contribution in [1.82, 2.24) is 4.98 Å². The van der Waals surface area contributed by atoms with Crippen molar-refractivity contribution >= 4 is 21.6 Å². The molecule has 0 saturated carbocycles. The van der Waals surface area contributed by atoms with E-state index in [1.807, 2.05) is 30.3 Å². The van der Waals surface area contributed by atoms with E-state index >= 15 is 0 Å². The van der Waals surface area contributed by atoms with E-state index in [-0.39, 0.29) is 0 Å². The number of anilines is 1.